The lowest BCUT2D eigenvalue weighted by Gasteiger charge is -2.11. The third-order valence-electron chi connectivity index (χ3n) is 2.55. The van der Waals surface area contributed by atoms with Gasteiger partial charge in [-0.2, -0.15) is 0 Å². The number of hydrogen-bond donors (Lipinski definition) is 1. The van der Waals surface area contributed by atoms with E-state index in [1.165, 1.54) is 0 Å². The van der Waals surface area contributed by atoms with Gasteiger partial charge in [-0.3, -0.25) is 0 Å². The van der Waals surface area contributed by atoms with Gasteiger partial charge in [0.2, 0.25) is 0 Å². The minimum atomic E-state index is 0.0858. The fraction of sp³-hybridized carbons (Fsp3) is 0.455. The number of hydrogen-bond acceptors (Lipinski definition) is 3. The predicted molar refractivity (Wildman–Crippen MR) is 58.0 cm³/mol. The number of rotatable bonds is 3. The maximum atomic E-state index is 8.93. The van der Waals surface area contributed by atoms with Crippen molar-refractivity contribution in [1.82, 2.24) is 0 Å². The zero-order chi connectivity index (χ0) is 10.8. The van der Waals surface area contributed by atoms with E-state index in [2.05, 4.69) is 0 Å². The maximum absolute atomic E-state index is 8.93. The standard InChI is InChI=1S/C11H13ClO3/c1-14-9-6-7(2-4-13)10(12)8-3-5-15-11(8)9/h6,13H,2-5H2,1H3. The third-order valence-corrected chi connectivity index (χ3v) is 3.02. The maximum Gasteiger partial charge on any atom is 0.165 e. The Hall–Kier alpha value is -0.930. The monoisotopic (exact) mass is 228 g/mol. The lowest BCUT2D eigenvalue weighted by Crippen LogP contribution is -1.97. The predicted octanol–water partition coefficient (Wildman–Crippen LogP) is 1.82. The molecule has 3 nitrogen and oxygen atoms in total. The van der Waals surface area contributed by atoms with Gasteiger partial charge in [-0.25, -0.2) is 0 Å². The van der Waals surface area contributed by atoms with Crippen LogP contribution < -0.4 is 9.47 Å². The molecule has 0 amide bonds. The molecule has 1 N–H and O–H groups in total. The molecule has 0 radical (unpaired) electrons. The van der Waals surface area contributed by atoms with Crippen molar-refractivity contribution in [1.29, 1.82) is 0 Å². The molecule has 2 rings (SSSR count). The van der Waals surface area contributed by atoms with E-state index in [9.17, 15) is 0 Å². The van der Waals surface area contributed by atoms with Gasteiger partial charge in [0, 0.05) is 18.6 Å². The van der Waals surface area contributed by atoms with Crippen LogP contribution in [-0.4, -0.2) is 25.4 Å². The summed E-state index contributed by atoms with van der Waals surface area (Å²) in [7, 11) is 1.61. The van der Waals surface area contributed by atoms with Crippen molar-refractivity contribution >= 4 is 11.6 Å². The Kier molecular flexibility index (Phi) is 3.03. The summed E-state index contributed by atoms with van der Waals surface area (Å²) in [6.45, 7) is 0.733. The lowest BCUT2D eigenvalue weighted by molar-refractivity contribution is 0.299. The minimum absolute atomic E-state index is 0.0858. The van der Waals surface area contributed by atoms with Gasteiger partial charge in [0.25, 0.3) is 0 Å². The summed E-state index contributed by atoms with van der Waals surface area (Å²) in [5.74, 6) is 1.46. The molecule has 15 heavy (non-hydrogen) atoms. The number of fused-ring (bicyclic) bond motifs is 1. The highest BCUT2D eigenvalue weighted by atomic mass is 35.5. The average molecular weight is 229 g/mol. The topological polar surface area (TPSA) is 38.7 Å². The van der Waals surface area contributed by atoms with Gasteiger partial charge >= 0.3 is 0 Å². The Bertz CT molecular complexity index is 377. The first-order valence-corrected chi connectivity index (χ1v) is 5.27. The fourth-order valence-corrected chi connectivity index (χ4v) is 2.15. The summed E-state index contributed by atoms with van der Waals surface area (Å²) in [6, 6.07) is 1.84. The van der Waals surface area contributed by atoms with Crippen molar-refractivity contribution in [2.45, 2.75) is 12.8 Å². The van der Waals surface area contributed by atoms with E-state index < -0.39 is 0 Å². The molecule has 0 aliphatic carbocycles. The van der Waals surface area contributed by atoms with Gasteiger partial charge in [0.1, 0.15) is 0 Å². The van der Waals surface area contributed by atoms with E-state index in [0.29, 0.717) is 23.8 Å². The number of halogens is 1. The Morgan fingerprint density at radius 1 is 1.60 bits per heavy atom. The second-order valence-electron chi connectivity index (χ2n) is 3.43. The molecule has 82 valence electrons. The van der Waals surface area contributed by atoms with Crippen LogP contribution in [-0.2, 0) is 12.8 Å². The Balaban J connectivity index is 2.51. The van der Waals surface area contributed by atoms with Gasteiger partial charge in [0.05, 0.1) is 18.7 Å². The van der Waals surface area contributed by atoms with Crippen molar-refractivity contribution in [2.75, 3.05) is 20.3 Å². The minimum Gasteiger partial charge on any atom is -0.493 e. The van der Waals surface area contributed by atoms with Crippen LogP contribution >= 0.6 is 11.6 Å². The summed E-state index contributed by atoms with van der Waals surface area (Å²) in [6.07, 6.45) is 1.35. The molecular formula is C11H13ClO3. The summed E-state index contributed by atoms with van der Waals surface area (Å²) in [5.41, 5.74) is 1.92. The van der Waals surface area contributed by atoms with Crippen LogP contribution in [0.15, 0.2) is 6.07 Å². The number of methoxy groups -OCH3 is 1. The van der Waals surface area contributed by atoms with E-state index in [1.54, 1.807) is 7.11 Å². The van der Waals surface area contributed by atoms with Gasteiger partial charge in [0.15, 0.2) is 11.5 Å². The molecule has 4 heteroatoms. The molecule has 0 fully saturated rings. The lowest BCUT2D eigenvalue weighted by atomic mass is 10.1. The highest BCUT2D eigenvalue weighted by Crippen LogP contribution is 2.42. The number of ether oxygens (including phenoxy) is 2. The molecule has 1 heterocycles. The molecule has 0 spiro atoms. The van der Waals surface area contributed by atoms with Crippen molar-refractivity contribution in [3.05, 3.63) is 22.2 Å². The molecule has 1 aliphatic heterocycles. The van der Waals surface area contributed by atoms with E-state index in [4.69, 9.17) is 26.2 Å². The summed E-state index contributed by atoms with van der Waals surface area (Å²) < 4.78 is 10.7. The van der Waals surface area contributed by atoms with Crippen LogP contribution in [0.5, 0.6) is 11.5 Å². The first-order chi connectivity index (χ1) is 7.27. The molecular weight excluding hydrogens is 216 g/mol. The largest absolute Gasteiger partial charge is 0.493 e. The van der Waals surface area contributed by atoms with Gasteiger partial charge < -0.3 is 14.6 Å². The Morgan fingerprint density at radius 2 is 2.40 bits per heavy atom. The molecule has 0 saturated heterocycles. The molecule has 0 atom stereocenters. The molecule has 1 aromatic rings. The zero-order valence-electron chi connectivity index (χ0n) is 8.55. The van der Waals surface area contributed by atoms with E-state index in [1.807, 2.05) is 6.07 Å². The third kappa shape index (κ3) is 1.77. The van der Waals surface area contributed by atoms with Crippen molar-refractivity contribution < 1.29 is 14.6 Å². The van der Waals surface area contributed by atoms with Crippen LogP contribution in [0, 0.1) is 0 Å². The Labute approximate surface area is 93.6 Å². The van der Waals surface area contributed by atoms with Gasteiger partial charge in [-0.05, 0) is 18.1 Å². The quantitative estimate of drug-likeness (QED) is 0.858. The summed E-state index contributed by atoms with van der Waals surface area (Å²) >= 11 is 6.22. The van der Waals surface area contributed by atoms with Crippen LogP contribution in [0.25, 0.3) is 0 Å². The fourth-order valence-electron chi connectivity index (χ4n) is 1.82. The first-order valence-electron chi connectivity index (χ1n) is 4.89. The van der Waals surface area contributed by atoms with E-state index in [-0.39, 0.29) is 6.61 Å². The van der Waals surface area contributed by atoms with Crippen LogP contribution in [0.2, 0.25) is 5.02 Å². The molecule has 1 aliphatic rings. The molecule has 1 aromatic carbocycles. The second kappa shape index (κ2) is 4.29. The van der Waals surface area contributed by atoms with Gasteiger partial charge in [-0.15, -0.1) is 0 Å². The number of aliphatic hydroxyl groups is 1. The number of aliphatic hydroxyl groups excluding tert-OH is 1. The second-order valence-corrected chi connectivity index (χ2v) is 3.81. The van der Waals surface area contributed by atoms with Crippen LogP contribution in [0.4, 0.5) is 0 Å². The Morgan fingerprint density at radius 3 is 3.07 bits per heavy atom. The van der Waals surface area contributed by atoms with E-state index >= 15 is 0 Å². The highest BCUT2D eigenvalue weighted by molar-refractivity contribution is 6.32. The SMILES string of the molecule is COc1cc(CCO)c(Cl)c2c1OCC2. The van der Waals surface area contributed by atoms with Crippen molar-refractivity contribution in [3.8, 4) is 11.5 Å². The molecule has 0 bridgehead atoms. The smallest absolute Gasteiger partial charge is 0.165 e. The van der Waals surface area contributed by atoms with Gasteiger partial charge in [-0.1, -0.05) is 11.6 Å². The zero-order valence-corrected chi connectivity index (χ0v) is 9.30. The first kappa shape index (κ1) is 10.6. The number of benzene rings is 1. The van der Waals surface area contributed by atoms with E-state index in [0.717, 1.165) is 23.3 Å². The normalized spacial score (nSPS) is 13.5. The molecule has 0 aromatic heterocycles. The van der Waals surface area contributed by atoms with Crippen molar-refractivity contribution in [3.63, 3.8) is 0 Å². The van der Waals surface area contributed by atoms with Crippen LogP contribution in [0.1, 0.15) is 11.1 Å². The summed E-state index contributed by atoms with van der Waals surface area (Å²) in [5, 5.41) is 9.63. The molecule has 0 saturated carbocycles. The average Bonchev–Trinajstić information content (AvgIpc) is 2.71. The van der Waals surface area contributed by atoms with Crippen LogP contribution in [0.3, 0.4) is 0 Å². The molecule has 0 unspecified atom stereocenters. The highest BCUT2D eigenvalue weighted by Gasteiger charge is 2.22. The van der Waals surface area contributed by atoms with Crippen molar-refractivity contribution in [2.24, 2.45) is 0 Å². The summed E-state index contributed by atoms with van der Waals surface area (Å²) in [4.78, 5) is 0.